The molecule has 1 fully saturated rings. The first-order chi connectivity index (χ1) is 10.1. The summed E-state index contributed by atoms with van der Waals surface area (Å²) in [6.45, 7) is 4.14. The summed E-state index contributed by atoms with van der Waals surface area (Å²) in [5, 5.41) is 1.84. The van der Waals surface area contributed by atoms with Gasteiger partial charge in [0, 0.05) is 44.5 Å². The highest BCUT2D eigenvalue weighted by Crippen LogP contribution is 2.24. The van der Waals surface area contributed by atoms with Crippen LogP contribution in [-0.4, -0.2) is 56.3 Å². The van der Waals surface area contributed by atoms with E-state index < -0.39 is 0 Å². The first kappa shape index (κ1) is 14.2. The van der Waals surface area contributed by atoms with Crippen molar-refractivity contribution in [1.29, 1.82) is 0 Å². The molecule has 0 radical (unpaired) electrons. The van der Waals surface area contributed by atoms with Crippen LogP contribution >= 0.6 is 11.5 Å². The van der Waals surface area contributed by atoms with Crippen molar-refractivity contribution in [3.05, 3.63) is 34.9 Å². The summed E-state index contributed by atoms with van der Waals surface area (Å²) >= 11 is 1.34. The van der Waals surface area contributed by atoms with E-state index in [1.54, 1.807) is 6.20 Å². The molecule has 3 heterocycles. The van der Waals surface area contributed by atoms with Gasteiger partial charge in [0.05, 0.1) is 17.3 Å². The van der Waals surface area contributed by atoms with Crippen molar-refractivity contribution >= 4 is 17.4 Å². The summed E-state index contributed by atoms with van der Waals surface area (Å²) in [5.74, 6) is 1.07. The number of likely N-dealkylation sites (N-methyl/N-ethyl adjacent to an activating group) is 1. The minimum Gasteiger partial charge on any atom is -0.337 e. The van der Waals surface area contributed by atoms with Crippen LogP contribution < -0.4 is 0 Å². The molecule has 6 nitrogen and oxygen atoms in total. The summed E-state index contributed by atoms with van der Waals surface area (Å²) in [7, 11) is 4.07. The van der Waals surface area contributed by atoms with Crippen LogP contribution in [0.2, 0.25) is 0 Å². The van der Waals surface area contributed by atoms with Gasteiger partial charge >= 0.3 is 0 Å². The zero-order valence-corrected chi connectivity index (χ0v) is 13.3. The van der Waals surface area contributed by atoms with Gasteiger partial charge in [0.1, 0.15) is 5.82 Å². The summed E-state index contributed by atoms with van der Waals surface area (Å²) in [5.41, 5.74) is 1.54. The largest absolute Gasteiger partial charge is 0.337 e. The van der Waals surface area contributed by atoms with Crippen LogP contribution in [0.15, 0.2) is 17.8 Å². The maximum absolute atomic E-state index is 12.6. The topological polar surface area (TPSA) is 54.3 Å². The van der Waals surface area contributed by atoms with Gasteiger partial charge in [-0.15, -0.1) is 0 Å². The highest BCUT2D eigenvalue weighted by Gasteiger charge is 2.31. The molecule has 0 spiro atoms. The maximum atomic E-state index is 12.6. The van der Waals surface area contributed by atoms with Crippen LogP contribution in [0.3, 0.4) is 0 Å². The second-order valence-electron chi connectivity index (χ2n) is 5.46. The van der Waals surface area contributed by atoms with E-state index in [2.05, 4.69) is 21.3 Å². The van der Waals surface area contributed by atoms with Crippen LogP contribution in [0.5, 0.6) is 0 Å². The van der Waals surface area contributed by atoms with Crippen molar-refractivity contribution in [1.82, 2.24) is 23.7 Å². The Kier molecular flexibility index (Phi) is 3.77. The lowest BCUT2D eigenvalue weighted by Crippen LogP contribution is -2.49. The number of piperazine rings is 1. The third kappa shape index (κ3) is 2.58. The normalized spacial score (nSPS) is 20.0. The molecule has 1 amide bonds. The van der Waals surface area contributed by atoms with E-state index in [0.717, 1.165) is 30.2 Å². The van der Waals surface area contributed by atoms with Crippen LogP contribution in [0.1, 0.15) is 27.9 Å². The lowest BCUT2D eigenvalue weighted by molar-refractivity contribution is 0.0528. The quantitative estimate of drug-likeness (QED) is 0.839. The lowest BCUT2D eigenvalue weighted by Gasteiger charge is -2.39. The van der Waals surface area contributed by atoms with Crippen molar-refractivity contribution in [3.8, 4) is 0 Å². The molecule has 1 atom stereocenters. The van der Waals surface area contributed by atoms with Gasteiger partial charge in [-0.2, -0.15) is 4.37 Å². The van der Waals surface area contributed by atoms with Gasteiger partial charge in [0.15, 0.2) is 0 Å². The van der Waals surface area contributed by atoms with Crippen molar-refractivity contribution in [2.24, 2.45) is 7.05 Å². The number of carbonyl (C=O) groups is 1. The Morgan fingerprint density at radius 2 is 2.19 bits per heavy atom. The number of hydrogen-bond acceptors (Lipinski definition) is 5. The fourth-order valence-corrected chi connectivity index (χ4v) is 3.39. The molecule has 0 unspecified atom stereocenters. The monoisotopic (exact) mass is 305 g/mol. The maximum Gasteiger partial charge on any atom is 0.256 e. The lowest BCUT2D eigenvalue weighted by atomic mass is 10.1. The summed E-state index contributed by atoms with van der Waals surface area (Å²) in [6, 6.07) is 0.134. The predicted molar refractivity (Wildman–Crippen MR) is 81.3 cm³/mol. The second-order valence-corrected chi connectivity index (χ2v) is 6.09. The van der Waals surface area contributed by atoms with E-state index >= 15 is 0 Å². The second kappa shape index (κ2) is 5.57. The highest BCUT2D eigenvalue weighted by molar-refractivity contribution is 7.03. The Morgan fingerprint density at radius 1 is 1.38 bits per heavy atom. The molecule has 1 aliphatic heterocycles. The molecular formula is C14H19N5OS. The molecule has 21 heavy (non-hydrogen) atoms. The first-order valence-corrected chi connectivity index (χ1v) is 7.79. The minimum atomic E-state index is 0.0774. The number of nitrogens with zero attached hydrogens (tertiary/aromatic N) is 5. The van der Waals surface area contributed by atoms with E-state index in [1.165, 1.54) is 11.5 Å². The van der Waals surface area contributed by atoms with E-state index in [4.69, 9.17) is 0 Å². The third-order valence-corrected chi connectivity index (χ3v) is 4.79. The van der Waals surface area contributed by atoms with Crippen molar-refractivity contribution in [3.63, 3.8) is 0 Å². The first-order valence-electron chi connectivity index (χ1n) is 6.95. The fourth-order valence-electron chi connectivity index (χ4n) is 2.70. The molecule has 2 aromatic rings. The molecule has 0 saturated carbocycles. The van der Waals surface area contributed by atoms with E-state index in [0.29, 0.717) is 6.54 Å². The number of aromatic nitrogens is 3. The third-order valence-electron chi connectivity index (χ3n) is 4.07. The molecule has 0 bridgehead atoms. The van der Waals surface area contributed by atoms with Gasteiger partial charge < -0.3 is 9.47 Å². The standard InChI is InChI=1S/C14H19N5OS/c1-10-11(9-21-16-10)14(20)19-7-6-17(2)12(8-19)13-15-4-5-18(13)3/h4-5,9,12H,6-8H2,1-3H3/t12-/m1/s1. The molecule has 1 aliphatic rings. The number of aryl methyl sites for hydroxylation is 2. The molecule has 2 aromatic heterocycles. The average Bonchev–Trinajstić information content (AvgIpc) is 3.07. The summed E-state index contributed by atoms with van der Waals surface area (Å²) < 4.78 is 6.22. The van der Waals surface area contributed by atoms with Gasteiger partial charge in [-0.05, 0) is 25.5 Å². The van der Waals surface area contributed by atoms with Crippen LogP contribution in [0.4, 0.5) is 0 Å². The smallest absolute Gasteiger partial charge is 0.256 e. The summed E-state index contributed by atoms with van der Waals surface area (Å²) in [4.78, 5) is 21.2. The minimum absolute atomic E-state index is 0.0774. The Labute approximate surface area is 128 Å². The van der Waals surface area contributed by atoms with E-state index in [9.17, 15) is 4.79 Å². The number of hydrogen-bond donors (Lipinski definition) is 0. The van der Waals surface area contributed by atoms with Gasteiger partial charge in [-0.3, -0.25) is 9.69 Å². The average molecular weight is 305 g/mol. The Hall–Kier alpha value is -1.73. The number of carbonyl (C=O) groups excluding carboxylic acids is 1. The Morgan fingerprint density at radius 3 is 2.81 bits per heavy atom. The summed E-state index contributed by atoms with van der Waals surface area (Å²) in [6.07, 6.45) is 3.74. The van der Waals surface area contributed by atoms with Crippen LogP contribution in [-0.2, 0) is 7.05 Å². The fraction of sp³-hybridized carbons (Fsp3) is 0.500. The zero-order chi connectivity index (χ0) is 15.0. The van der Waals surface area contributed by atoms with Crippen LogP contribution in [0.25, 0.3) is 0 Å². The van der Waals surface area contributed by atoms with Crippen molar-refractivity contribution in [2.45, 2.75) is 13.0 Å². The number of amides is 1. The van der Waals surface area contributed by atoms with Gasteiger partial charge in [-0.1, -0.05) is 0 Å². The molecule has 0 N–H and O–H groups in total. The Balaban J connectivity index is 1.82. The predicted octanol–water partition coefficient (Wildman–Crippen LogP) is 1.31. The number of rotatable bonds is 2. The van der Waals surface area contributed by atoms with Gasteiger partial charge in [0.2, 0.25) is 0 Å². The number of imidazole rings is 1. The van der Waals surface area contributed by atoms with E-state index in [-0.39, 0.29) is 11.9 Å². The van der Waals surface area contributed by atoms with Crippen molar-refractivity contribution in [2.75, 3.05) is 26.7 Å². The molecule has 7 heteroatoms. The zero-order valence-electron chi connectivity index (χ0n) is 12.5. The molecular weight excluding hydrogens is 286 g/mol. The molecule has 0 aliphatic carbocycles. The molecule has 3 rings (SSSR count). The van der Waals surface area contributed by atoms with Gasteiger partial charge in [0.25, 0.3) is 5.91 Å². The molecule has 112 valence electrons. The molecule has 1 saturated heterocycles. The van der Waals surface area contributed by atoms with Crippen molar-refractivity contribution < 1.29 is 4.79 Å². The Bertz CT molecular complexity index is 649. The highest BCUT2D eigenvalue weighted by atomic mass is 32.1. The van der Waals surface area contributed by atoms with Crippen LogP contribution in [0, 0.1) is 6.92 Å². The molecule has 0 aromatic carbocycles. The SMILES string of the molecule is Cc1nscc1C(=O)N1CCN(C)[C@@H](c2nccn2C)C1. The van der Waals surface area contributed by atoms with Gasteiger partial charge in [-0.25, -0.2) is 4.98 Å². The van der Waals surface area contributed by atoms with E-state index in [1.807, 2.05) is 35.0 Å².